The van der Waals surface area contributed by atoms with Gasteiger partial charge in [0.25, 0.3) is 0 Å². The molecule has 0 aromatic heterocycles. The minimum absolute atomic E-state index is 0.0723. The van der Waals surface area contributed by atoms with Gasteiger partial charge >= 0.3 is 0 Å². The quantitative estimate of drug-likeness (QED) is 0.907. The van der Waals surface area contributed by atoms with Crippen LogP contribution in [0.2, 0.25) is 0 Å². The zero-order valence-electron chi connectivity index (χ0n) is 11.3. The highest BCUT2D eigenvalue weighted by atomic mass is 32.2. The maximum atomic E-state index is 12.1. The van der Waals surface area contributed by atoms with Gasteiger partial charge in [-0.15, -0.1) is 0 Å². The fourth-order valence-electron chi connectivity index (χ4n) is 3.80. The number of carbonyl (C=O) groups excluding carboxylic acids is 1. The van der Waals surface area contributed by atoms with E-state index < -0.39 is 0 Å². The molecular formula is C16H18N2OS. The highest BCUT2D eigenvalue weighted by Gasteiger charge is 2.40. The summed E-state index contributed by atoms with van der Waals surface area (Å²) in [4.78, 5) is 16.9. The number of aliphatic imine (C=N–C) groups is 1. The topological polar surface area (TPSA) is 41.5 Å². The first-order valence-corrected chi connectivity index (χ1v) is 8.28. The number of rotatable bonds is 2. The molecule has 3 aliphatic rings. The van der Waals surface area contributed by atoms with Crippen molar-refractivity contribution >= 4 is 22.8 Å². The second-order valence-corrected chi connectivity index (χ2v) is 7.17. The molecule has 4 rings (SSSR count). The van der Waals surface area contributed by atoms with Crippen molar-refractivity contribution in [3.05, 3.63) is 35.9 Å². The number of thioether (sulfide) groups is 1. The van der Waals surface area contributed by atoms with Crippen molar-refractivity contribution in [2.24, 2.45) is 16.8 Å². The molecule has 3 nitrogen and oxygen atoms in total. The van der Waals surface area contributed by atoms with Gasteiger partial charge in [-0.05, 0) is 36.7 Å². The Morgan fingerprint density at radius 2 is 2.00 bits per heavy atom. The molecule has 0 spiro atoms. The van der Waals surface area contributed by atoms with E-state index in [-0.39, 0.29) is 11.2 Å². The first-order chi connectivity index (χ1) is 9.79. The van der Waals surface area contributed by atoms with Crippen molar-refractivity contribution in [2.45, 2.75) is 37.0 Å². The number of hydrogen-bond acceptors (Lipinski definition) is 3. The van der Waals surface area contributed by atoms with Crippen LogP contribution in [0.1, 0.15) is 36.5 Å². The summed E-state index contributed by atoms with van der Waals surface area (Å²) in [7, 11) is 0. The third-order valence-electron chi connectivity index (χ3n) is 4.78. The zero-order chi connectivity index (χ0) is 13.5. The minimum Gasteiger partial charge on any atom is -0.304 e. The molecule has 4 atom stereocenters. The molecule has 2 aliphatic carbocycles. The van der Waals surface area contributed by atoms with E-state index in [1.165, 1.54) is 25.7 Å². The molecule has 2 bridgehead atoms. The Morgan fingerprint density at radius 1 is 1.15 bits per heavy atom. The Morgan fingerprint density at radius 3 is 2.70 bits per heavy atom. The molecule has 2 saturated carbocycles. The van der Waals surface area contributed by atoms with Gasteiger partial charge in [-0.1, -0.05) is 48.5 Å². The number of amidine groups is 1. The van der Waals surface area contributed by atoms with Gasteiger partial charge in [0.1, 0.15) is 5.25 Å². The SMILES string of the molecule is O=C1NC(=N[C@@H]2C[C@H]3CC[C@@H]2C3)SC1c1ccccc1. The van der Waals surface area contributed by atoms with Crippen LogP contribution in [0.3, 0.4) is 0 Å². The van der Waals surface area contributed by atoms with Crippen molar-refractivity contribution in [3.63, 3.8) is 0 Å². The summed E-state index contributed by atoms with van der Waals surface area (Å²) in [5, 5.41) is 3.67. The number of amides is 1. The van der Waals surface area contributed by atoms with E-state index in [9.17, 15) is 4.79 Å². The highest BCUT2D eigenvalue weighted by Crippen LogP contribution is 2.46. The first kappa shape index (κ1) is 12.5. The molecule has 1 N–H and O–H groups in total. The van der Waals surface area contributed by atoms with Crippen LogP contribution < -0.4 is 5.32 Å². The third kappa shape index (κ3) is 2.16. The van der Waals surface area contributed by atoms with E-state index >= 15 is 0 Å². The fraction of sp³-hybridized carbons (Fsp3) is 0.500. The van der Waals surface area contributed by atoms with Crippen LogP contribution in [0.25, 0.3) is 0 Å². The fourth-order valence-corrected chi connectivity index (χ4v) is 4.83. The van der Waals surface area contributed by atoms with Crippen LogP contribution in [-0.4, -0.2) is 17.1 Å². The number of hydrogen-bond donors (Lipinski definition) is 1. The monoisotopic (exact) mass is 286 g/mol. The van der Waals surface area contributed by atoms with Gasteiger partial charge < -0.3 is 5.32 Å². The second-order valence-electron chi connectivity index (χ2n) is 6.07. The maximum Gasteiger partial charge on any atom is 0.244 e. The van der Waals surface area contributed by atoms with E-state index in [0.29, 0.717) is 6.04 Å². The Kier molecular flexibility index (Phi) is 3.06. The smallest absolute Gasteiger partial charge is 0.244 e. The molecule has 1 unspecified atom stereocenters. The summed E-state index contributed by atoms with van der Waals surface area (Å²) < 4.78 is 0. The lowest BCUT2D eigenvalue weighted by molar-refractivity contribution is -0.118. The van der Waals surface area contributed by atoms with Gasteiger partial charge in [-0.25, -0.2) is 0 Å². The van der Waals surface area contributed by atoms with Crippen molar-refractivity contribution in [1.29, 1.82) is 0 Å². The molecule has 1 aromatic carbocycles. The summed E-state index contributed by atoms with van der Waals surface area (Å²) in [6.45, 7) is 0. The number of benzene rings is 1. The van der Waals surface area contributed by atoms with Gasteiger partial charge in [-0.2, -0.15) is 0 Å². The van der Waals surface area contributed by atoms with Crippen LogP contribution in [0.4, 0.5) is 0 Å². The van der Waals surface area contributed by atoms with E-state index in [1.807, 2.05) is 30.3 Å². The summed E-state index contributed by atoms with van der Waals surface area (Å²) in [5.74, 6) is 1.73. The Hall–Kier alpha value is -1.29. The zero-order valence-corrected chi connectivity index (χ0v) is 12.1. The molecule has 104 valence electrons. The van der Waals surface area contributed by atoms with E-state index in [4.69, 9.17) is 4.99 Å². The summed E-state index contributed by atoms with van der Waals surface area (Å²) >= 11 is 1.58. The van der Waals surface area contributed by atoms with E-state index in [2.05, 4.69) is 5.32 Å². The van der Waals surface area contributed by atoms with Crippen molar-refractivity contribution in [3.8, 4) is 0 Å². The average molecular weight is 286 g/mol. The van der Waals surface area contributed by atoms with E-state index in [1.54, 1.807) is 11.8 Å². The Labute approximate surface area is 123 Å². The molecule has 3 fully saturated rings. The van der Waals surface area contributed by atoms with Gasteiger partial charge in [0.15, 0.2) is 5.17 Å². The third-order valence-corrected chi connectivity index (χ3v) is 5.94. The van der Waals surface area contributed by atoms with Gasteiger partial charge in [0.2, 0.25) is 5.91 Å². The van der Waals surface area contributed by atoms with Crippen LogP contribution in [0.5, 0.6) is 0 Å². The molecule has 1 saturated heterocycles. The standard InChI is InChI=1S/C16H18N2OS/c19-15-14(11-4-2-1-3-5-11)20-16(18-15)17-13-9-10-6-7-12(13)8-10/h1-5,10,12-14H,6-9H2,(H,17,18,19)/t10-,12+,13+,14?/m0/s1. The molecule has 1 heterocycles. The summed E-state index contributed by atoms with van der Waals surface area (Å²) in [5.41, 5.74) is 1.06. The lowest BCUT2D eigenvalue weighted by atomic mass is 9.96. The predicted octanol–water partition coefficient (Wildman–Crippen LogP) is 3.14. The van der Waals surface area contributed by atoms with Crippen molar-refractivity contribution in [1.82, 2.24) is 5.32 Å². The summed E-state index contributed by atoms with van der Waals surface area (Å²) in [6.07, 6.45) is 5.29. The lowest BCUT2D eigenvalue weighted by Gasteiger charge is -2.17. The number of nitrogens with zero attached hydrogens (tertiary/aromatic N) is 1. The average Bonchev–Trinajstić information content (AvgIpc) is 3.16. The van der Waals surface area contributed by atoms with Gasteiger partial charge in [0.05, 0.1) is 6.04 Å². The van der Waals surface area contributed by atoms with E-state index in [0.717, 1.165) is 22.6 Å². The van der Waals surface area contributed by atoms with Crippen molar-refractivity contribution in [2.75, 3.05) is 0 Å². The number of nitrogens with one attached hydrogen (secondary N) is 1. The predicted molar refractivity (Wildman–Crippen MR) is 81.6 cm³/mol. The molecular weight excluding hydrogens is 268 g/mol. The second kappa shape index (κ2) is 4.92. The lowest BCUT2D eigenvalue weighted by Crippen LogP contribution is -2.24. The van der Waals surface area contributed by atoms with Crippen LogP contribution >= 0.6 is 11.8 Å². The molecule has 1 amide bonds. The van der Waals surface area contributed by atoms with Crippen LogP contribution in [0.15, 0.2) is 35.3 Å². The molecule has 1 aromatic rings. The summed E-state index contributed by atoms with van der Waals surface area (Å²) in [6, 6.07) is 10.4. The maximum absolute atomic E-state index is 12.1. The van der Waals surface area contributed by atoms with Gasteiger partial charge in [-0.3, -0.25) is 9.79 Å². The highest BCUT2D eigenvalue weighted by molar-refractivity contribution is 8.15. The largest absolute Gasteiger partial charge is 0.304 e. The van der Waals surface area contributed by atoms with Crippen molar-refractivity contribution < 1.29 is 4.79 Å². The molecule has 1 aliphatic heterocycles. The van der Waals surface area contributed by atoms with Crippen LogP contribution in [-0.2, 0) is 4.79 Å². The normalized spacial score (nSPS) is 37.6. The van der Waals surface area contributed by atoms with Crippen LogP contribution in [0, 0.1) is 11.8 Å². The number of carbonyl (C=O) groups is 1. The Balaban J connectivity index is 1.51. The molecule has 0 radical (unpaired) electrons. The molecule has 4 heteroatoms. The van der Waals surface area contributed by atoms with Gasteiger partial charge in [0, 0.05) is 0 Å². The molecule has 20 heavy (non-hydrogen) atoms. The first-order valence-electron chi connectivity index (χ1n) is 7.40. The number of fused-ring (bicyclic) bond motifs is 2. The Bertz CT molecular complexity index is 557. The minimum atomic E-state index is -0.131.